The maximum atomic E-state index is 6.23. The maximum Gasteiger partial charge on any atom is 0.0453 e. The van der Waals surface area contributed by atoms with E-state index in [1.807, 2.05) is 18.2 Å². The largest absolute Gasteiger partial charge is 0.307 e. The smallest absolute Gasteiger partial charge is 0.0453 e. The lowest BCUT2D eigenvalue weighted by molar-refractivity contribution is 0.477. The summed E-state index contributed by atoms with van der Waals surface area (Å²) in [5.41, 5.74) is 2.48. The van der Waals surface area contributed by atoms with Crippen molar-refractivity contribution < 1.29 is 0 Å². The molecule has 0 saturated carbocycles. The van der Waals surface area contributed by atoms with Crippen LogP contribution in [0.2, 0.25) is 5.02 Å². The number of hydrogen-bond donors (Lipinski definition) is 1. The second kappa shape index (κ2) is 7.26. The minimum Gasteiger partial charge on any atom is -0.307 e. The molecule has 0 spiro atoms. The molecule has 0 amide bonds. The van der Waals surface area contributed by atoms with Gasteiger partial charge in [-0.05, 0) is 49.6 Å². The molecule has 20 heavy (non-hydrogen) atoms. The molecular formula is C17H19BrClN. The molecule has 1 N–H and O–H groups in total. The summed E-state index contributed by atoms with van der Waals surface area (Å²) in [4.78, 5) is 0. The minimum absolute atomic E-state index is 0.245. The Morgan fingerprint density at radius 3 is 2.35 bits per heavy atom. The van der Waals surface area contributed by atoms with Crippen LogP contribution in [-0.4, -0.2) is 6.04 Å². The van der Waals surface area contributed by atoms with Gasteiger partial charge in [-0.25, -0.2) is 0 Å². The highest BCUT2D eigenvalue weighted by Crippen LogP contribution is 2.23. The van der Waals surface area contributed by atoms with Crippen LogP contribution >= 0.6 is 27.5 Å². The highest BCUT2D eigenvalue weighted by Gasteiger charge is 2.12. The van der Waals surface area contributed by atoms with Gasteiger partial charge in [-0.2, -0.15) is 0 Å². The van der Waals surface area contributed by atoms with Crippen LogP contribution in [-0.2, 0) is 6.42 Å². The Bertz CT molecular complexity index is 553. The van der Waals surface area contributed by atoms with Gasteiger partial charge < -0.3 is 5.32 Å². The van der Waals surface area contributed by atoms with Crippen LogP contribution in [0.15, 0.2) is 53.0 Å². The SMILES string of the molecule is CC(Cc1ccc(Br)cc1)NC(C)c1ccccc1Cl. The fraction of sp³-hybridized carbons (Fsp3) is 0.294. The third-order valence-corrected chi connectivity index (χ3v) is 4.23. The first-order valence-corrected chi connectivity index (χ1v) is 7.98. The van der Waals surface area contributed by atoms with Gasteiger partial charge in [0.15, 0.2) is 0 Å². The predicted molar refractivity (Wildman–Crippen MR) is 90.3 cm³/mol. The Labute approximate surface area is 134 Å². The van der Waals surface area contributed by atoms with Crippen molar-refractivity contribution in [1.29, 1.82) is 0 Å². The standard InChI is InChI=1S/C17H19BrClN/c1-12(11-14-7-9-15(18)10-8-14)20-13(2)16-5-3-4-6-17(16)19/h3-10,12-13,20H,11H2,1-2H3. The van der Waals surface area contributed by atoms with Gasteiger partial charge in [0, 0.05) is 21.6 Å². The van der Waals surface area contributed by atoms with Crippen LogP contribution in [0.3, 0.4) is 0 Å². The van der Waals surface area contributed by atoms with Crippen LogP contribution in [0.4, 0.5) is 0 Å². The van der Waals surface area contributed by atoms with E-state index in [0.29, 0.717) is 6.04 Å². The van der Waals surface area contributed by atoms with E-state index < -0.39 is 0 Å². The van der Waals surface area contributed by atoms with E-state index in [0.717, 1.165) is 21.5 Å². The summed E-state index contributed by atoms with van der Waals surface area (Å²) in [5, 5.41) is 4.43. The van der Waals surface area contributed by atoms with Crippen molar-refractivity contribution in [3.8, 4) is 0 Å². The average molecular weight is 353 g/mol. The highest BCUT2D eigenvalue weighted by atomic mass is 79.9. The monoisotopic (exact) mass is 351 g/mol. The number of benzene rings is 2. The first kappa shape index (κ1) is 15.6. The first-order valence-electron chi connectivity index (χ1n) is 6.81. The molecule has 3 heteroatoms. The molecule has 0 radical (unpaired) electrons. The van der Waals surface area contributed by atoms with Crippen LogP contribution in [0.25, 0.3) is 0 Å². The number of nitrogens with one attached hydrogen (secondary N) is 1. The van der Waals surface area contributed by atoms with Gasteiger partial charge in [0.05, 0.1) is 0 Å². The molecule has 0 aromatic heterocycles. The Hall–Kier alpha value is -0.830. The second-order valence-electron chi connectivity index (χ2n) is 5.14. The third kappa shape index (κ3) is 4.34. The summed E-state index contributed by atoms with van der Waals surface area (Å²) >= 11 is 9.70. The Morgan fingerprint density at radius 1 is 1.05 bits per heavy atom. The van der Waals surface area contributed by atoms with Gasteiger partial charge in [-0.3, -0.25) is 0 Å². The molecule has 2 rings (SSSR count). The van der Waals surface area contributed by atoms with Crippen LogP contribution < -0.4 is 5.32 Å². The fourth-order valence-electron chi connectivity index (χ4n) is 2.38. The predicted octanol–water partition coefficient (Wildman–Crippen LogP) is 5.38. The van der Waals surface area contributed by atoms with E-state index in [9.17, 15) is 0 Å². The van der Waals surface area contributed by atoms with Gasteiger partial charge in [-0.15, -0.1) is 0 Å². The van der Waals surface area contributed by atoms with Crippen molar-refractivity contribution in [3.63, 3.8) is 0 Å². The van der Waals surface area contributed by atoms with E-state index >= 15 is 0 Å². The summed E-state index contributed by atoms with van der Waals surface area (Å²) in [5.74, 6) is 0. The van der Waals surface area contributed by atoms with Gasteiger partial charge in [0.25, 0.3) is 0 Å². The van der Waals surface area contributed by atoms with Crippen molar-refractivity contribution >= 4 is 27.5 Å². The zero-order valence-corrected chi connectivity index (χ0v) is 14.1. The van der Waals surface area contributed by atoms with Crippen molar-refractivity contribution in [2.75, 3.05) is 0 Å². The summed E-state index contributed by atoms with van der Waals surface area (Å²) in [6.45, 7) is 4.36. The Balaban J connectivity index is 1.96. The number of rotatable bonds is 5. The zero-order valence-electron chi connectivity index (χ0n) is 11.7. The van der Waals surface area contributed by atoms with Gasteiger partial charge in [0.1, 0.15) is 0 Å². The van der Waals surface area contributed by atoms with Gasteiger partial charge >= 0.3 is 0 Å². The van der Waals surface area contributed by atoms with Crippen LogP contribution in [0.1, 0.15) is 31.0 Å². The molecule has 0 bridgehead atoms. The second-order valence-corrected chi connectivity index (χ2v) is 6.46. The van der Waals surface area contributed by atoms with Crippen molar-refractivity contribution in [1.82, 2.24) is 5.32 Å². The summed E-state index contributed by atoms with van der Waals surface area (Å²) < 4.78 is 1.12. The first-order chi connectivity index (χ1) is 9.56. The van der Waals surface area contributed by atoms with E-state index in [4.69, 9.17) is 11.6 Å². The normalized spacial score (nSPS) is 14.0. The molecule has 0 aliphatic heterocycles. The van der Waals surface area contributed by atoms with E-state index in [-0.39, 0.29) is 6.04 Å². The molecule has 2 aromatic carbocycles. The quantitative estimate of drug-likeness (QED) is 0.761. The average Bonchev–Trinajstić information content (AvgIpc) is 2.41. The van der Waals surface area contributed by atoms with Crippen LogP contribution in [0.5, 0.6) is 0 Å². The molecule has 0 aliphatic rings. The molecular weight excluding hydrogens is 334 g/mol. The van der Waals surface area contributed by atoms with E-state index in [2.05, 4.69) is 65.4 Å². The topological polar surface area (TPSA) is 12.0 Å². The zero-order chi connectivity index (χ0) is 14.5. The number of hydrogen-bond acceptors (Lipinski definition) is 1. The molecule has 2 unspecified atom stereocenters. The molecule has 1 nitrogen and oxygen atoms in total. The van der Waals surface area contributed by atoms with Gasteiger partial charge in [-0.1, -0.05) is 57.9 Å². The van der Waals surface area contributed by atoms with Gasteiger partial charge in [0.2, 0.25) is 0 Å². The lowest BCUT2D eigenvalue weighted by Gasteiger charge is -2.21. The fourth-order valence-corrected chi connectivity index (χ4v) is 2.94. The summed E-state index contributed by atoms with van der Waals surface area (Å²) in [6, 6.07) is 17.1. The molecule has 0 heterocycles. The Kier molecular flexibility index (Phi) is 5.64. The lowest BCUT2D eigenvalue weighted by Crippen LogP contribution is -2.30. The third-order valence-electron chi connectivity index (χ3n) is 3.36. The molecule has 0 fully saturated rings. The van der Waals surface area contributed by atoms with E-state index in [1.165, 1.54) is 5.56 Å². The van der Waals surface area contributed by atoms with Crippen molar-refractivity contribution in [2.45, 2.75) is 32.4 Å². The van der Waals surface area contributed by atoms with Crippen LogP contribution in [0, 0.1) is 0 Å². The summed E-state index contributed by atoms with van der Waals surface area (Å²) in [6.07, 6.45) is 1.00. The molecule has 0 saturated heterocycles. The summed E-state index contributed by atoms with van der Waals surface area (Å²) in [7, 11) is 0. The molecule has 0 aliphatic carbocycles. The highest BCUT2D eigenvalue weighted by molar-refractivity contribution is 9.10. The van der Waals surface area contributed by atoms with E-state index in [1.54, 1.807) is 0 Å². The Morgan fingerprint density at radius 2 is 1.70 bits per heavy atom. The number of halogens is 2. The maximum absolute atomic E-state index is 6.23. The lowest BCUT2D eigenvalue weighted by atomic mass is 10.0. The minimum atomic E-state index is 0.245. The molecule has 2 aromatic rings. The van der Waals surface area contributed by atoms with Crippen molar-refractivity contribution in [2.24, 2.45) is 0 Å². The molecule has 106 valence electrons. The van der Waals surface area contributed by atoms with Crippen molar-refractivity contribution in [3.05, 3.63) is 69.2 Å². The molecule has 2 atom stereocenters.